The fourth-order valence-corrected chi connectivity index (χ4v) is 2.68. The van der Waals surface area contributed by atoms with Gasteiger partial charge in [0.15, 0.2) is 0 Å². The van der Waals surface area contributed by atoms with Gasteiger partial charge in [-0.15, -0.1) is 0 Å². The molecule has 1 aromatic carbocycles. The summed E-state index contributed by atoms with van der Waals surface area (Å²) in [6.07, 6.45) is 6.08. The second kappa shape index (κ2) is 6.32. The molecule has 2 aromatic rings. The number of nitrogens with one attached hydrogen (secondary N) is 3. The molecule has 0 saturated carbocycles. The number of aromatic amines is 1. The van der Waals surface area contributed by atoms with Crippen LogP contribution in [0, 0.1) is 0 Å². The number of aromatic nitrogens is 2. The molecule has 120 valence electrons. The highest BCUT2D eigenvalue weighted by atomic mass is 15.0. The summed E-state index contributed by atoms with van der Waals surface area (Å²) < 4.78 is 0. The summed E-state index contributed by atoms with van der Waals surface area (Å²) in [7, 11) is 0. The Labute approximate surface area is 137 Å². The highest BCUT2D eigenvalue weighted by Gasteiger charge is 2.20. The number of hydrogen-bond acceptors (Lipinski definition) is 3. The maximum Gasteiger partial charge on any atom is 0.0929 e. The maximum atomic E-state index is 4.45. The number of H-pyrrole nitrogens is 1. The average molecular weight is 308 g/mol. The van der Waals surface area contributed by atoms with Gasteiger partial charge in [0.05, 0.1) is 25.1 Å². The summed E-state index contributed by atoms with van der Waals surface area (Å²) in [4.78, 5) is 7.71. The summed E-state index contributed by atoms with van der Waals surface area (Å²) >= 11 is 0. The smallest absolute Gasteiger partial charge is 0.0929 e. The van der Waals surface area contributed by atoms with Crippen LogP contribution < -0.4 is 10.6 Å². The Hall–Kier alpha value is -2.49. The van der Waals surface area contributed by atoms with Crippen LogP contribution in [-0.4, -0.2) is 23.1 Å². The van der Waals surface area contributed by atoms with Crippen LogP contribution in [0.1, 0.15) is 37.7 Å². The van der Waals surface area contributed by atoms with E-state index in [1.54, 1.807) is 6.33 Å². The van der Waals surface area contributed by atoms with E-state index >= 15 is 0 Å². The van der Waals surface area contributed by atoms with Gasteiger partial charge in [0.25, 0.3) is 0 Å². The molecule has 1 fully saturated rings. The molecular formula is C19H24N4. The lowest BCUT2D eigenvalue weighted by Crippen LogP contribution is -2.36. The minimum atomic E-state index is 0.0589. The standard InChI is InChI=1S/C19H24N4/c1-19(2,3)18-17(22-13-23-18)10-16-12-20-15(11-21-16)9-14-7-5-4-6-8-14/h4-10,13,20-21H,11-12H2,1-3H3,(H,22,23)/b15-9-,16-10-. The second-order valence-corrected chi connectivity index (χ2v) is 6.87. The first-order chi connectivity index (χ1) is 11.0. The van der Waals surface area contributed by atoms with Gasteiger partial charge in [0.1, 0.15) is 0 Å². The minimum Gasteiger partial charge on any atom is -0.381 e. The molecule has 3 N–H and O–H groups in total. The Morgan fingerprint density at radius 3 is 2.22 bits per heavy atom. The molecule has 0 aliphatic carbocycles. The molecule has 4 nitrogen and oxygen atoms in total. The molecule has 0 radical (unpaired) electrons. The Bertz CT molecular complexity index is 705. The molecule has 1 aromatic heterocycles. The molecule has 1 aliphatic rings. The van der Waals surface area contributed by atoms with E-state index in [1.807, 2.05) is 6.07 Å². The van der Waals surface area contributed by atoms with Gasteiger partial charge in [-0.1, -0.05) is 51.1 Å². The van der Waals surface area contributed by atoms with Crippen LogP contribution >= 0.6 is 0 Å². The van der Waals surface area contributed by atoms with Crippen LogP contribution in [-0.2, 0) is 5.41 Å². The number of piperazine rings is 1. The van der Waals surface area contributed by atoms with E-state index in [9.17, 15) is 0 Å². The molecule has 0 unspecified atom stereocenters. The topological polar surface area (TPSA) is 52.7 Å². The zero-order valence-corrected chi connectivity index (χ0v) is 14.0. The highest BCUT2D eigenvalue weighted by Crippen LogP contribution is 2.24. The van der Waals surface area contributed by atoms with Crippen LogP contribution in [0.3, 0.4) is 0 Å². The van der Waals surface area contributed by atoms with Crippen molar-refractivity contribution < 1.29 is 0 Å². The van der Waals surface area contributed by atoms with Crippen LogP contribution in [0.15, 0.2) is 48.1 Å². The molecule has 0 atom stereocenters. The zero-order chi connectivity index (χ0) is 16.3. The molecule has 23 heavy (non-hydrogen) atoms. The summed E-state index contributed by atoms with van der Waals surface area (Å²) in [6.45, 7) is 8.16. The lowest BCUT2D eigenvalue weighted by atomic mass is 9.90. The Balaban J connectivity index is 1.70. The van der Waals surface area contributed by atoms with Crippen LogP contribution in [0.4, 0.5) is 0 Å². The van der Waals surface area contributed by atoms with Gasteiger partial charge in [-0.05, 0) is 17.7 Å². The van der Waals surface area contributed by atoms with Gasteiger partial charge in [-0.2, -0.15) is 0 Å². The van der Waals surface area contributed by atoms with Crippen LogP contribution in [0.25, 0.3) is 12.2 Å². The van der Waals surface area contributed by atoms with Gasteiger partial charge >= 0.3 is 0 Å². The summed E-state index contributed by atoms with van der Waals surface area (Å²) in [5.41, 5.74) is 5.81. The lowest BCUT2D eigenvalue weighted by Gasteiger charge is -2.23. The van der Waals surface area contributed by atoms with Crippen molar-refractivity contribution in [1.82, 2.24) is 20.6 Å². The van der Waals surface area contributed by atoms with Crippen molar-refractivity contribution in [3.63, 3.8) is 0 Å². The van der Waals surface area contributed by atoms with Crippen LogP contribution in [0.5, 0.6) is 0 Å². The number of hydrogen-bond donors (Lipinski definition) is 3. The molecule has 0 spiro atoms. The van der Waals surface area contributed by atoms with Crippen molar-refractivity contribution in [3.8, 4) is 0 Å². The van der Waals surface area contributed by atoms with Gasteiger partial charge < -0.3 is 15.6 Å². The van der Waals surface area contributed by atoms with Gasteiger partial charge in [0.2, 0.25) is 0 Å². The largest absolute Gasteiger partial charge is 0.381 e. The molecule has 2 heterocycles. The monoisotopic (exact) mass is 308 g/mol. The average Bonchev–Trinajstić information content (AvgIpc) is 2.99. The van der Waals surface area contributed by atoms with E-state index in [4.69, 9.17) is 0 Å². The molecule has 1 aliphatic heterocycles. The van der Waals surface area contributed by atoms with Crippen LogP contribution in [0.2, 0.25) is 0 Å². The van der Waals surface area contributed by atoms with E-state index in [1.165, 1.54) is 11.3 Å². The fourth-order valence-electron chi connectivity index (χ4n) is 2.68. The Morgan fingerprint density at radius 1 is 0.957 bits per heavy atom. The fraction of sp³-hybridized carbons (Fsp3) is 0.316. The van der Waals surface area contributed by atoms with Gasteiger partial charge in [-0.25, -0.2) is 4.98 Å². The number of rotatable bonds is 2. The van der Waals surface area contributed by atoms with E-state index in [0.29, 0.717) is 0 Å². The van der Waals surface area contributed by atoms with E-state index in [2.05, 4.69) is 77.8 Å². The molecule has 4 heteroatoms. The van der Waals surface area contributed by atoms with Crippen molar-refractivity contribution in [1.29, 1.82) is 0 Å². The van der Waals surface area contributed by atoms with Crippen molar-refractivity contribution in [2.75, 3.05) is 13.1 Å². The molecular weight excluding hydrogens is 284 g/mol. The second-order valence-electron chi connectivity index (χ2n) is 6.87. The maximum absolute atomic E-state index is 4.45. The Morgan fingerprint density at radius 2 is 1.61 bits per heavy atom. The van der Waals surface area contributed by atoms with Gasteiger partial charge in [-0.3, -0.25) is 0 Å². The number of imidazole rings is 1. The first-order valence-electron chi connectivity index (χ1n) is 8.00. The van der Waals surface area contributed by atoms with E-state index in [0.717, 1.165) is 30.2 Å². The molecule has 0 bridgehead atoms. The number of benzene rings is 1. The molecule has 0 amide bonds. The third kappa shape index (κ3) is 3.83. The summed E-state index contributed by atoms with van der Waals surface area (Å²) in [5.74, 6) is 0. The zero-order valence-electron chi connectivity index (χ0n) is 14.0. The van der Waals surface area contributed by atoms with Crippen molar-refractivity contribution in [2.45, 2.75) is 26.2 Å². The minimum absolute atomic E-state index is 0.0589. The lowest BCUT2D eigenvalue weighted by molar-refractivity contribution is 0.571. The third-order valence-electron chi connectivity index (χ3n) is 3.88. The Kier molecular flexibility index (Phi) is 4.24. The van der Waals surface area contributed by atoms with E-state index < -0.39 is 0 Å². The molecule has 1 saturated heterocycles. The highest BCUT2D eigenvalue weighted by molar-refractivity contribution is 5.56. The van der Waals surface area contributed by atoms with Crippen molar-refractivity contribution >= 4 is 12.2 Å². The summed E-state index contributed by atoms with van der Waals surface area (Å²) in [5, 5.41) is 6.96. The SMILES string of the molecule is CC(C)(C)c1[nH]cnc1/C=C1/CN/C(=C\c2ccccc2)CN1. The third-order valence-corrected chi connectivity index (χ3v) is 3.88. The summed E-state index contributed by atoms with van der Waals surface area (Å²) in [6, 6.07) is 10.4. The van der Waals surface area contributed by atoms with Crippen molar-refractivity contribution in [2.24, 2.45) is 0 Å². The normalized spacial score (nSPS) is 18.7. The first kappa shape index (κ1) is 15.4. The molecule has 3 rings (SSSR count). The van der Waals surface area contributed by atoms with Crippen molar-refractivity contribution in [3.05, 3.63) is 65.0 Å². The first-order valence-corrected chi connectivity index (χ1v) is 8.00. The quantitative estimate of drug-likeness (QED) is 0.798. The van der Waals surface area contributed by atoms with E-state index in [-0.39, 0.29) is 5.41 Å². The number of nitrogens with zero attached hydrogens (tertiary/aromatic N) is 1. The van der Waals surface area contributed by atoms with Gasteiger partial charge in [0, 0.05) is 22.5 Å². The predicted molar refractivity (Wildman–Crippen MR) is 95.7 cm³/mol. The predicted octanol–water partition coefficient (Wildman–Crippen LogP) is 3.28.